The fourth-order valence-electron chi connectivity index (χ4n) is 2.29. The number of amides is 1. The third-order valence-electron chi connectivity index (χ3n) is 3.46. The highest BCUT2D eigenvalue weighted by molar-refractivity contribution is 6.00. The molecule has 1 unspecified atom stereocenters. The van der Waals surface area contributed by atoms with Gasteiger partial charge in [-0.1, -0.05) is 18.2 Å². The number of anilines is 1. The molecule has 0 heterocycles. The normalized spacial score (nSPS) is 18.1. The zero-order valence-corrected chi connectivity index (χ0v) is 11.2. The minimum Gasteiger partial charge on any atom is -0.495 e. The van der Waals surface area contributed by atoms with Crippen LogP contribution < -0.4 is 15.8 Å². The summed E-state index contributed by atoms with van der Waals surface area (Å²) in [6.45, 7) is 0.694. The minimum absolute atomic E-state index is 0.133. The lowest BCUT2D eigenvalue weighted by Gasteiger charge is -2.18. The van der Waals surface area contributed by atoms with Crippen molar-refractivity contribution in [3.8, 4) is 5.75 Å². The van der Waals surface area contributed by atoms with E-state index in [2.05, 4.69) is 17.5 Å². The van der Waals surface area contributed by atoms with Gasteiger partial charge in [0, 0.05) is 6.54 Å². The van der Waals surface area contributed by atoms with Crippen LogP contribution in [0.2, 0.25) is 0 Å². The third kappa shape index (κ3) is 3.28. The van der Waals surface area contributed by atoms with Crippen LogP contribution in [0.25, 0.3) is 0 Å². The molecule has 0 saturated carbocycles. The summed E-state index contributed by atoms with van der Waals surface area (Å²) in [5, 5.41) is 2.95. The van der Waals surface area contributed by atoms with Gasteiger partial charge in [0.25, 0.3) is 5.91 Å². The lowest BCUT2D eigenvalue weighted by molar-refractivity contribution is 0.0947. The van der Waals surface area contributed by atoms with Gasteiger partial charge in [-0.05, 0) is 37.3 Å². The summed E-state index contributed by atoms with van der Waals surface area (Å²) in [7, 11) is 1.54. The number of nitrogen functional groups attached to an aromatic ring is 1. The molecule has 2 rings (SSSR count). The monoisotopic (exact) mass is 260 g/mol. The van der Waals surface area contributed by atoms with Crippen LogP contribution in [0.3, 0.4) is 0 Å². The van der Waals surface area contributed by atoms with Crippen molar-refractivity contribution in [3.63, 3.8) is 0 Å². The Kier molecular flexibility index (Phi) is 4.44. The number of hydrogen-bond acceptors (Lipinski definition) is 3. The average Bonchev–Trinajstić information content (AvgIpc) is 2.46. The lowest BCUT2D eigenvalue weighted by Crippen LogP contribution is -2.30. The molecular weight excluding hydrogens is 240 g/mol. The van der Waals surface area contributed by atoms with Gasteiger partial charge < -0.3 is 15.8 Å². The molecule has 0 fully saturated rings. The molecule has 1 amide bonds. The number of carbonyl (C=O) groups is 1. The molecule has 0 spiro atoms. The van der Waals surface area contributed by atoms with E-state index in [9.17, 15) is 4.79 Å². The molecule has 1 aromatic rings. The highest BCUT2D eigenvalue weighted by atomic mass is 16.5. The Morgan fingerprint density at radius 3 is 3.00 bits per heavy atom. The predicted octanol–water partition coefficient (Wildman–Crippen LogP) is 2.36. The number of methoxy groups -OCH3 is 1. The van der Waals surface area contributed by atoms with Crippen LogP contribution in [-0.4, -0.2) is 19.6 Å². The fraction of sp³-hybridized carbons (Fsp3) is 0.400. The SMILES string of the molecule is COc1cccc(C(=O)NCC2CC=CCC2)c1N. The third-order valence-corrected chi connectivity index (χ3v) is 3.46. The van der Waals surface area contributed by atoms with E-state index >= 15 is 0 Å². The van der Waals surface area contributed by atoms with Gasteiger partial charge in [-0.15, -0.1) is 0 Å². The van der Waals surface area contributed by atoms with Gasteiger partial charge >= 0.3 is 0 Å². The molecule has 4 heteroatoms. The summed E-state index contributed by atoms with van der Waals surface area (Å²) in [5.41, 5.74) is 6.78. The van der Waals surface area contributed by atoms with Crippen molar-refractivity contribution < 1.29 is 9.53 Å². The maximum atomic E-state index is 12.1. The number of rotatable bonds is 4. The molecule has 1 aromatic carbocycles. The molecule has 0 aromatic heterocycles. The molecule has 1 aliphatic rings. The quantitative estimate of drug-likeness (QED) is 0.645. The second-order valence-corrected chi connectivity index (χ2v) is 4.78. The maximum Gasteiger partial charge on any atom is 0.253 e. The van der Waals surface area contributed by atoms with Crippen LogP contribution in [-0.2, 0) is 0 Å². The molecule has 102 valence electrons. The summed E-state index contributed by atoms with van der Waals surface area (Å²) in [6, 6.07) is 5.24. The van der Waals surface area contributed by atoms with E-state index in [0.29, 0.717) is 29.5 Å². The number of para-hydroxylation sites is 1. The Balaban J connectivity index is 1.98. The van der Waals surface area contributed by atoms with Gasteiger partial charge in [0.1, 0.15) is 5.75 Å². The van der Waals surface area contributed by atoms with Gasteiger partial charge in [-0.2, -0.15) is 0 Å². The van der Waals surface area contributed by atoms with Crippen molar-refractivity contribution in [1.29, 1.82) is 0 Å². The van der Waals surface area contributed by atoms with E-state index in [-0.39, 0.29) is 5.91 Å². The largest absolute Gasteiger partial charge is 0.495 e. The molecular formula is C15H20N2O2. The Labute approximate surface area is 113 Å². The van der Waals surface area contributed by atoms with E-state index in [1.807, 2.05) is 0 Å². The standard InChI is InChI=1S/C15H20N2O2/c1-19-13-9-5-8-12(14(13)16)15(18)17-10-11-6-3-2-4-7-11/h2-3,5,8-9,11H,4,6-7,10,16H2,1H3,(H,17,18). The van der Waals surface area contributed by atoms with Gasteiger partial charge in [-0.25, -0.2) is 0 Å². The second-order valence-electron chi connectivity index (χ2n) is 4.78. The number of hydrogen-bond donors (Lipinski definition) is 2. The van der Waals surface area contributed by atoms with Crippen LogP contribution in [0, 0.1) is 5.92 Å². The van der Waals surface area contributed by atoms with Crippen LogP contribution >= 0.6 is 0 Å². The molecule has 0 bridgehead atoms. The molecule has 0 radical (unpaired) electrons. The molecule has 0 saturated heterocycles. The Morgan fingerprint density at radius 1 is 1.47 bits per heavy atom. The number of nitrogens with one attached hydrogen (secondary N) is 1. The van der Waals surface area contributed by atoms with E-state index in [1.165, 1.54) is 0 Å². The summed E-state index contributed by atoms with van der Waals surface area (Å²) in [4.78, 5) is 12.1. The van der Waals surface area contributed by atoms with E-state index in [1.54, 1.807) is 25.3 Å². The van der Waals surface area contributed by atoms with E-state index in [4.69, 9.17) is 10.5 Å². The van der Waals surface area contributed by atoms with Gasteiger partial charge in [0.15, 0.2) is 0 Å². The Hall–Kier alpha value is -1.97. The zero-order valence-electron chi connectivity index (χ0n) is 11.2. The topological polar surface area (TPSA) is 64.3 Å². The molecule has 3 N–H and O–H groups in total. The average molecular weight is 260 g/mol. The number of benzene rings is 1. The van der Waals surface area contributed by atoms with Crippen LogP contribution in [0.1, 0.15) is 29.6 Å². The number of ether oxygens (including phenoxy) is 1. The minimum atomic E-state index is -0.133. The first-order valence-corrected chi connectivity index (χ1v) is 6.58. The molecule has 0 aliphatic heterocycles. The van der Waals surface area contributed by atoms with Crippen molar-refractivity contribution in [2.75, 3.05) is 19.4 Å². The van der Waals surface area contributed by atoms with Crippen molar-refractivity contribution >= 4 is 11.6 Å². The maximum absolute atomic E-state index is 12.1. The number of nitrogens with two attached hydrogens (primary N) is 1. The van der Waals surface area contributed by atoms with E-state index in [0.717, 1.165) is 19.3 Å². The first kappa shape index (κ1) is 13.5. The van der Waals surface area contributed by atoms with E-state index < -0.39 is 0 Å². The van der Waals surface area contributed by atoms with Gasteiger partial charge in [0.05, 0.1) is 18.4 Å². The second kappa shape index (κ2) is 6.27. The first-order valence-electron chi connectivity index (χ1n) is 6.58. The van der Waals surface area contributed by atoms with Crippen LogP contribution in [0.4, 0.5) is 5.69 Å². The predicted molar refractivity (Wildman–Crippen MR) is 76.2 cm³/mol. The van der Waals surface area contributed by atoms with Crippen LogP contribution in [0.15, 0.2) is 30.4 Å². The molecule has 1 aliphatic carbocycles. The van der Waals surface area contributed by atoms with Gasteiger partial charge in [0.2, 0.25) is 0 Å². The van der Waals surface area contributed by atoms with Crippen molar-refractivity contribution in [2.45, 2.75) is 19.3 Å². The zero-order chi connectivity index (χ0) is 13.7. The summed E-state index contributed by atoms with van der Waals surface area (Å²) >= 11 is 0. The van der Waals surface area contributed by atoms with Crippen molar-refractivity contribution in [2.24, 2.45) is 5.92 Å². The van der Waals surface area contributed by atoms with Crippen LogP contribution in [0.5, 0.6) is 5.75 Å². The Bertz CT molecular complexity index is 483. The first-order chi connectivity index (χ1) is 9.22. The Morgan fingerprint density at radius 2 is 2.32 bits per heavy atom. The molecule has 4 nitrogen and oxygen atoms in total. The number of carbonyl (C=O) groups excluding carboxylic acids is 1. The highest BCUT2D eigenvalue weighted by Crippen LogP contribution is 2.24. The van der Waals surface area contributed by atoms with Gasteiger partial charge in [-0.3, -0.25) is 4.79 Å². The van der Waals surface area contributed by atoms with Crippen molar-refractivity contribution in [1.82, 2.24) is 5.32 Å². The smallest absolute Gasteiger partial charge is 0.253 e. The highest BCUT2D eigenvalue weighted by Gasteiger charge is 2.15. The summed E-state index contributed by atoms with van der Waals surface area (Å²) < 4.78 is 5.12. The fourth-order valence-corrected chi connectivity index (χ4v) is 2.29. The van der Waals surface area contributed by atoms with Crippen molar-refractivity contribution in [3.05, 3.63) is 35.9 Å². The summed E-state index contributed by atoms with van der Waals surface area (Å²) in [5.74, 6) is 0.931. The lowest BCUT2D eigenvalue weighted by atomic mass is 9.94. The summed E-state index contributed by atoms with van der Waals surface area (Å²) in [6.07, 6.45) is 7.64. The molecule has 1 atom stereocenters. The molecule has 19 heavy (non-hydrogen) atoms. The number of allylic oxidation sites excluding steroid dienone is 2.